The number of halogens is 1. The van der Waals surface area contributed by atoms with E-state index < -0.39 is 0 Å². The monoisotopic (exact) mass is 332 g/mol. The number of benzene rings is 1. The Morgan fingerprint density at radius 1 is 1.30 bits per heavy atom. The Hall–Kier alpha value is -2.27. The second kappa shape index (κ2) is 6.46. The van der Waals surface area contributed by atoms with Crippen molar-refractivity contribution in [2.24, 2.45) is 7.05 Å². The van der Waals surface area contributed by atoms with Gasteiger partial charge in [0.25, 0.3) is 5.91 Å². The number of hydrogen-bond donors (Lipinski definition) is 0. The number of carbonyl (C=O) groups excluding carboxylic acids is 1. The maximum absolute atomic E-state index is 12.5. The van der Waals surface area contributed by atoms with E-state index in [0.717, 1.165) is 6.42 Å². The molecule has 1 fully saturated rings. The fourth-order valence-electron chi connectivity index (χ4n) is 2.64. The van der Waals surface area contributed by atoms with Gasteiger partial charge < -0.3 is 14.2 Å². The number of likely N-dealkylation sites (tertiary alicyclic amines) is 1. The molecule has 1 saturated heterocycles. The van der Waals surface area contributed by atoms with Crippen molar-refractivity contribution in [3.8, 4) is 5.75 Å². The molecule has 0 bridgehead atoms. The van der Waals surface area contributed by atoms with Gasteiger partial charge in [0.05, 0.1) is 12.1 Å². The Morgan fingerprint density at radius 3 is 2.87 bits per heavy atom. The average molecular weight is 333 g/mol. The van der Waals surface area contributed by atoms with Crippen LogP contribution >= 0.6 is 11.6 Å². The largest absolute Gasteiger partial charge is 0.488 e. The molecule has 0 unspecified atom stereocenters. The standard InChI is InChI=1S/C17H17ClN2O3/c1-19-10-12(5-6-16(19)21)17(22)20-8-7-15(11-20)23-14-4-2-3-13(18)9-14/h2-6,9-10,15H,7-8,11H2,1H3/t15-/m0/s1. The van der Waals surface area contributed by atoms with Crippen LogP contribution in [-0.2, 0) is 7.05 Å². The smallest absolute Gasteiger partial charge is 0.255 e. The van der Waals surface area contributed by atoms with Gasteiger partial charge in [0.15, 0.2) is 0 Å². The third-order valence-corrected chi connectivity index (χ3v) is 4.10. The molecule has 0 N–H and O–H groups in total. The second-order valence-corrected chi connectivity index (χ2v) is 6.04. The van der Waals surface area contributed by atoms with Crippen LogP contribution in [0.5, 0.6) is 5.75 Å². The van der Waals surface area contributed by atoms with Crippen molar-refractivity contribution in [3.63, 3.8) is 0 Å². The van der Waals surface area contributed by atoms with Crippen LogP contribution in [-0.4, -0.2) is 34.6 Å². The fraction of sp³-hybridized carbons (Fsp3) is 0.294. The van der Waals surface area contributed by atoms with Gasteiger partial charge in [-0.2, -0.15) is 0 Å². The van der Waals surface area contributed by atoms with E-state index in [0.29, 0.717) is 29.4 Å². The van der Waals surface area contributed by atoms with E-state index in [-0.39, 0.29) is 17.6 Å². The lowest BCUT2D eigenvalue weighted by Gasteiger charge is -2.17. The van der Waals surface area contributed by atoms with Crippen molar-refractivity contribution in [3.05, 3.63) is 63.5 Å². The van der Waals surface area contributed by atoms with Gasteiger partial charge in [-0.3, -0.25) is 9.59 Å². The number of aromatic nitrogens is 1. The summed E-state index contributed by atoms with van der Waals surface area (Å²) in [4.78, 5) is 25.6. The van der Waals surface area contributed by atoms with E-state index in [4.69, 9.17) is 16.3 Å². The summed E-state index contributed by atoms with van der Waals surface area (Å²) >= 11 is 5.94. The van der Waals surface area contributed by atoms with Gasteiger partial charge in [0.2, 0.25) is 5.56 Å². The highest BCUT2D eigenvalue weighted by atomic mass is 35.5. The zero-order valence-corrected chi connectivity index (χ0v) is 13.5. The molecule has 1 atom stereocenters. The van der Waals surface area contributed by atoms with Gasteiger partial charge in [-0.1, -0.05) is 17.7 Å². The molecular formula is C17H17ClN2O3. The van der Waals surface area contributed by atoms with Gasteiger partial charge in [0.1, 0.15) is 11.9 Å². The van der Waals surface area contributed by atoms with Gasteiger partial charge in [-0.05, 0) is 24.3 Å². The van der Waals surface area contributed by atoms with E-state index in [1.807, 2.05) is 12.1 Å². The summed E-state index contributed by atoms with van der Waals surface area (Å²) in [5, 5.41) is 0.624. The minimum absolute atomic E-state index is 0.0510. The number of rotatable bonds is 3. The first kappa shape index (κ1) is 15.6. The molecule has 0 spiro atoms. The summed E-state index contributed by atoms with van der Waals surface area (Å²) in [5.41, 5.74) is 0.376. The lowest BCUT2D eigenvalue weighted by atomic mass is 10.2. The Kier molecular flexibility index (Phi) is 4.39. The molecule has 23 heavy (non-hydrogen) atoms. The third kappa shape index (κ3) is 3.56. The Morgan fingerprint density at radius 2 is 2.13 bits per heavy atom. The lowest BCUT2D eigenvalue weighted by molar-refractivity contribution is 0.0771. The first-order chi connectivity index (χ1) is 11.0. The third-order valence-electron chi connectivity index (χ3n) is 3.86. The van der Waals surface area contributed by atoms with Crippen molar-refractivity contribution in [1.29, 1.82) is 0 Å². The number of hydrogen-bond acceptors (Lipinski definition) is 3. The topological polar surface area (TPSA) is 51.5 Å². The average Bonchev–Trinajstić information content (AvgIpc) is 2.98. The number of pyridine rings is 1. The van der Waals surface area contributed by atoms with E-state index >= 15 is 0 Å². The van der Waals surface area contributed by atoms with Crippen LogP contribution in [0.4, 0.5) is 0 Å². The number of amides is 1. The van der Waals surface area contributed by atoms with Crippen LogP contribution in [0.1, 0.15) is 16.8 Å². The highest BCUT2D eigenvalue weighted by Gasteiger charge is 2.28. The van der Waals surface area contributed by atoms with Crippen molar-refractivity contribution >= 4 is 17.5 Å². The molecule has 0 radical (unpaired) electrons. The normalized spacial score (nSPS) is 17.3. The first-order valence-electron chi connectivity index (χ1n) is 7.41. The summed E-state index contributed by atoms with van der Waals surface area (Å²) in [7, 11) is 1.63. The van der Waals surface area contributed by atoms with E-state index in [1.165, 1.54) is 10.6 Å². The number of aryl methyl sites for hydroxylation is 1. The zero-order valence-electron chi connectivity index (χ0n) is 12.7. The molecule has 1 aliphatic heterocycles. The van der Waals surface area contributed by atoms with Crippen LogP contribution in [0.3, 0.4) is 0 Å². The number of ether oxygens (including phenoxy) is 1. The molecule has 1 aromatic heterocycles. The molecule has 0 aliphatic carbocycles. The van der Waals surface area contributed by atoms with Crippen molar-refractivity contribution in [2.45, 2.75) is 12.5 Å². The zero-order chi connectivity index (χ0) is 16.4. The van der Waals surface area contributed by atoms with Crippen LogP contribution in [0, 0.1) is 0 Å². The summed E-state index contributed by atoms with van der Waals surface area (Å²) in [6, 6.07) is 10.2. The van der Waals surface area contributed by atoms with Gasteiger partial charge in [-0.15, -0.1) is 0 Å². The summed E-state index contributed by atoms with van der Waals surface area (Å²) in [6.45, 7) is 1.15. The van der Waals surface area contributed by atoms with Gasteiger partial charge in [-0.25, -0.2) is 0 Å². The minimum atomic E-state index is -0.134. The Balaban J connectivity index is 1.66. The fourth-order valence-corrected chi connectivity index (χ4v) is 2.82. The molecule has 6 heteroatoms. The highest BCUT2D eigenvalue weighted by molar-refractivity contribution is 6.30. The molecule has 1 amide bonds. The number of nitrogens with zero attached hydrogens (tertiary/aromatic N) is 2. The Labute approximate surface area is 139 Å². The van der Waals surface area contributed by atoms with E-state index in [9.17, 15) is 9.59 Å². The van der Waals surface area contributed by atoms with Crippen molar-refractivity contribution in [2.75, 3.05) is 13.1 Å². The minimum Gasteiger partial charge on any atom is -0.488 e. The molecule has 3 rings (SSSR count). The maximum atomic E-state index is 12.5. The van der Waals surface area contributed by atoms with Crippen molar-refractivity contribution < 1.29 is 9.53 Å². The maximum Gasteiger partial charge on any atom is 0.255 e. The predicted octanol–water partition coefficient (Wildman–Crippen LogP) is 2.33. The molecule has 2 aromatic rings. The predicted molar refractivity (Wildman–Crippen MR) is 88.1 cm³/mol. The summed E-state index contributed by atoms with van der Waals surface area (Å²) in [6.07, 6.45) is 2.28. The first-order valence-corrected chi connectivity index (χ1v) is 7.79. The molecule has 1 aromatic carbocycles. The van der Waals surface area contributed by atoms with Gasteiger partial charge in [0, 0.05) is 37.3 Å². The molecule has 0 saturated carbocycles. The molecule has 5 nitrogen and oxygen atoms in total. The van der Waals surface area contributed by atoms with Crippen LogP contribution in [0.2, 0.25) is 5.02 Å². The second-order valence-electron chi connectivity index (χ2n) is 5.60. The summed E-state index contributed by atoms with van der Waals surface area (Å²) < 4.78 is 7.29. The summed E-state index contributed by atoms with van der Waals surface area (Å²) in [5.74, 6) is 0.622. The molecule has 120 valence electrons. The molecular weight excluding hydrogens is 316 g/mol. The highest BCUT2D eigenvalue weighted by Crippen LogP contribution is 2.22. The van der Waals surface area contributed by atoms with Crippen molar-refractivity contribution in [1.82, 2.24) is 9.47 Å². The lowest BCUT2D eigenvalue weighted by Crippen LogP contribution is -2.31. The van der Waals surface area contributed by atoms with E-state index in [1.54, 1.807) is 36.3 Å². The van der Waals surface area contributed by atoms with Gasteiger partial charge >= 0.3 is 0 Å². The SMILES string of the molecule is Cn1cc(C(=O)N2CC[C@H](Oc3cccc(Cl)c3)C2)ccc1=O. The van der Waals surface area contributed by atoms with E-state index in [2.05, 4.69) is 0 Å². The Bertz CT molecular complexity index is 787. The quantitative estimate of drug-likeness (QED) is 0.867. The molecule has 2 heterocycles. The molecule has 1 aliphatic rings. The van der Waals surface area contributed by atoms with Crippen LogP contribution in [0.15, 0.2) is 47.4 Å². The van der Waals surface area contributed by atoms with Crippen LogP contribution < -0.4 is 10.3 Å². The number of carbonyl (C=O) groups is 1. The van der Waals surface area contributed by atoms with Crippen LogP contribution in [0.25, 0.3) is 0 Å².